The van der Waals surface area contributed by atoms with Crippen molar-refractivity contribution in [2.45, 2.75) is 57.4 Å². The first-order valence-corrected chi connectivity index (χ1v) is 9.81. The lowest BCUT2D eigenvalue weighted by atomic mass is 9.64. The monoisotopic (exact) mass is 360 g/mol. The molecule has 0 aromatic heterocycles. The number of hydrogen-bond acceptors (Lipinski definition) is 5. The first-order chi connectivity index (χ1) is 12.5. The van der Waals surface area contributed by atoms with Gasteiger partial charge in [-0.15, -0.1) is 0 Å². The first-order valence-electron chi connectivity index (χ1n) is 9.81. The molecule has 0 unspecified atom stereocenters. The van der Waals surface area contributed by atoms with Crippen LogP contribution in [0.2, 0.25) is 0 Å². The van der Waals surface area contributed by atoms with Crippen molar-refractivity contribution in [3.63, 3.8) is 0 Å². The minimum atomic E-state index is -0.497. The minimum absolute atomic E-state index is 0.139. The van der Waals surface area contributed by atoms with Crippen LogP contribution in [0, 0.1) is 5.92 Å². The molecule has 1 saturated heterocycles. The van der Waals surface area contributed by atoms with Crippen LogP contribution in [0.5, 0.6) is 0 Å². The maximum Gasteiger partial charge on any atom is 0.316 e. The molecule has 0 bridgehead atoms. The summed E-state index contributed by atoms with van der Waals surface area (Å²) in [6.45, 7) is 7.05. The highest BCUT2D eigenvalue weighted by atomic mass is 16.5. The minimum Gasteiger partial charge on any atom is -0.468 e. The predicted octanol–water partition coefficient (Wildman–Crippen LogP) is 3.50. The third-order valence-electron chi connectivity index (χ3n) is 5.87. The van der Waals surface area contributed by atoms with E-state index in [2.05, 4.69) is 30.9 Å². The smallest absolute Gasteiger partial charge is 0.316 e. The van der Waals surface area contributed by atoms with Crippen molar-refractivity contribution in [1.29, 1.82) is 0 Å². The molecule has 0 atom stereocenters. The van der Waals surface area contributed by atoms with Crippen LogP contribution in [0.3, 0.4) is 0 Å². The van der Waals surface area contributed by atoms with Gasteiger partial charge in [0, 0.05) is 25.8 Å². The summed E-state index contributed by atoms with van der Waals surface area (Å²) in [7, 11) is 1.47. The molecular formula is C21H32N2O3. The number of nitrogens with two attached hydrogens (primary N) is 1. The fourth-order valence-corrected chi connectivity index (χ4v) is 4.28. The van der Waals surface area contributed by atoms with Gasteiger partial charge < -0.3 is 20.1 Å². The van der Waals surface area contributed by atoms with Crippen molar-refractivity contribution in [2.75, 3.05) is 37.5 Å². The maximum atomic E-state index is 12.4. The number of carbonyl (C=O) groups excluding carboxylic acids is 1. The zero-order valence-corrected chi connectivity index (χ0v) is 16.3. The summed E-state index contributed by atoms with van der Waals surface area (Å²) >= 11 is 0. The van der Waals surface area contributed by atoms with Gasteiger partial charge in [0.25, 0.3) is 0 Å². The molecule has 1 aliphatic carbocycles. The number of rotatable bonds is 6. The highest BCUT2D eigenvalue weighted by molar-refractivity contribution is 5.85. The molecule has 1 aliphatic heterocycles. The number of carbonyl (C=O) groups is 1. The van der Waals surface area contributed by atoms with Crippen LogP contribution in [0.25, 0.3) is 0 Å². The Hall–Kier alpha value is -1.75. The van der Waals surface area contributed by atoms with Crippen LogP contribution < -0.4 is 10.6 Å². The van der Waals surface area contributed by atoms with Gasteiger partial charge in [0.1, 0.15) is 0 Å². The number of ether oxygens (including phenoxy) is 2. The second-order valence-corrected chi connectivity index (χ2v) is 8.09. The Morgan fingerprint density at radius 3 is 2.54 bits per heavy atom. The number of anilines is 2. The second kappa shape index (κ2) is 7.87. The molecule has 1 aromatic rings. The Labute approximate surface area is 156 Å². The maximum absolute atomic E-state index is 12.4. The highest BCUT2D eigenvalue weighted by Crippen LogP contribution is 2.46. The highest BCUT2D eigenvalue weighted by Gasteiger charge is 2.47. The van der Waals surface area contributed by atoms with Crippen molar-refractivity contribution >= 4 is 17.3 Å². The van der Waals surface area contributed by atoms with Crippen molar-refractivity contribution in [3.8, 4) is 0 Å². The number of nitrogens with zero attached hydrogens (tertiary/aromatic N) is 1. The number of hydrogen-bond donors (Lipinski definition) is 1. The van der Waals surface area contributed by atoms with Gasteiger partial charge in [0.15, 0.2) is 0 Å². The fourth-order valence-electron chi connectivity index (χ4n) is 4.28. The van der Waals surface area contributed by atoms with Gasteiger partial charge in [-0.3, -0.25) is 4.79 Å². The molecule has 1 aromatic carbocycles. The topological polar surface area (TPSA) is 64.8 Å². The van der Waals surface area contributed by atoms with E-state index in [0.29, 0.717) is 12.0 Å². The van der Waals surface area contributed by atoms with E-state index < -0.39 is 5.41 Å². The molecule has 144 valence electrons. The van der Waals surface area contributed by atoms with Gasteiger partial charge in [-0.25, -0.2) is 0 Å². The molecule has 26 heavy (non-hydrogen) atoms. The molecular weight excluding hydrogens is 328 g/mol. The summed E-state index contributed by atoms with van der Waals surface area (Å²) in [5.41, 5.74) is 8.83. The van der Waals surface area contributed by atoms with Crippen molar-refractivity contribution in [3.05, 3.63) is 23.8 Å². The van der Waals surface area contributed by atoms with E-state index in [-0.39, 0.29) is 5.97 Å². The molecule has 0 radical (unpaired) electrons. The lowest BCUT2D eigenvalue weighted by Crippen LogP contribution is -2.44. The summed E-state index contributed by atoms with van der Waals surface area (Å²) in [6.07, 6.45) is 4.79. The van der Waals surface area contributed by atoms with Crippen molar-refractivity contribution < 1.29 is 14.3 Å². The number of nitrogen functional groups attached to an aromatic ring is 1. The summed E-state index contributed by atoms with van der Waals surface area (Å²) < 4.78 is 10.6. The van der Waals surface area contributed by atoms with Crippen LogP contribution >= 0.6 is 0 Å². The average molecular weight is 360 g/mol. The normalized spacial score (nSPS) is 19.8. The van der Waals surface area contributed by atoms with E-state index in [9.17, 15) is 4.79 Å². The van der Waals surface area contributed by atoms with Gasteiger partial charge >= 0.3 is 5.97 Å². The van der Waals surface area contributed by atoms with Gasteiger partial charge in [-0.1, -0.05) is 26.3 Å². The van der Waals surface area contributed by atoms with E-state index in [1.807, 2.05) is 6.07 Å². The lowest BCUT2D eigenvalue weighted by molar-refractivity contribution is -0.151. The summed E-state index contributed by atoms with van der Waals surface area (Å²) in [5.74, 6) is 0.407. The SMILES string of the molecule is COC(=O)C1(c2ccc(N(CC(C)C)C3CCOCC3)c(N)c2)CCC1. The molecule has 2 fully saturated rings. The molecule has 1 heterocycles. The van der Waals surface area contributed by atoms with E-state index in [4.69, 9.17) is 15.2 Å². The quantitative estimate of drug-likeness (QED) is 0.621. The van der Waals surface area contributed by atoms with E-state index in [1.165, 1.54) is 7.11 Å². The third kappa shape index (κ3) is 3.54. The van der Waals surface area contributed by atoms with Gasteiger partial charge in [0.2, 0.25) is 0 Å². The average Bonchev–Trinajstić information content (AvgIpc) is 2.59. The van der Waals surface area contributed by atoms with Crippen LogP contribution in [-0.2, 0) is 19.7 Å². The Bertz CT molecular complexity index is 634. The van der Waals surface area contributed by atoms with Crippen LogP contribution in [0.15, 0.2) is 18.2 Å². The van der Waals surface area contributed by atoms with Crippen LogP contribution in [-0.4, -0.2) is 38.9 Å². The number of esters is 1. The van der Waals surface area contributed by atoms with Crippen LogP contribution in [0.1, 0.15) is 51.5 Å². The first kappa shape index (κ1) is 19.0. The number of benzene rings is 1. The Kier molecular flexibility index (Phi) is 5.76. The summed E-state index contributed by atoms with van der Waals surface area (Å²) in [6, 6.07) is 6.63. The molecule has 1 saturated carbocycles. The summed E-state index contributed by atoms with van der Waals surface area (Å²) in [5, 5.41) is 0. The predicted molar refractivity (Wildman–Crippen MR) is 104 cm³/mol. The van der Waals surface area contributed by atoms with E-state index in [0.717, 1.165) is 68.8 Å². The molecule has 5 heteroatoms. The Morgan fingerprint density at radius 1 is 1.35 bits per heavy atom. The lowest BCUT2D eigenvalue weighted by Gasteiger charge is -2.41. The zero-order chi connectivity index (χ0) is 18.7. The molecule has 0 spiro atoms. The van der Waals surface area contributed by atoms with Crippen molar-refractivity contribution in [2.24, 2.45) is 5.92 Å². The van der Waals surface area contributed by atoms with Gasteiger partial charge in [-0.2, -0.15) is 0 Å². The number of methoxy groups -OCH3 is 1. The molecule has 5 nitrogen and oxygen atoms in total. The Morgan fingerprint density at radius 2 is 2.04 bits per heavy atom. The summed E-state index contributed by atoms with van der Waals surface area (Å²) in [4.78, 5) is 14.8. The fraction of sp³-hybridized carbons (Fsp3) is 0.667. The zero-order valence-electron chi connectivity index (χ0n) is 16.3. The van der Waals surface area contributed by atoms with Crippen molar-refractivity contribution in [1.82, 2.24) is 0 Å². The third-order valence-corrected chi connectivity index (χ3v) is 5.87. The molecule has 3 rings (SSSR count). The van der Waals surface area contributed by atoms with E-state index >= 15 is 0 Å². The molecule has 0 amide bonds. The van der Waals surface area contributed by atoms with Gasteiger partial charge in [0.05, 0.1) is 23.9 Å². The Balaban J connectivity index is 1.90. The standard InChI is InChI=1S/C21H32N2O3/c1-15(2)14-23(17-7-11-26-12-8-17)19-6-5-16(13-18(19)22)21(9-4-10-21)20(24)25-3/h5-6,13,15,17H,4,7-12,14,22H2,1-3H3. The largest absolute Gasteiger partial charge is 0.468 e. The molecule has 2 aliphatic rings. The second-order valence-electron chi connectivity index (χ2n) is 8.09. The van der Waals surface area contributed by atoms with Crippen LogP contribution in [0.4, 0.5) is 11.4 Å². The molecule has 2 N–H and O–H groups in total. The van der Waals surface area contributed by atoms with E-state index in [1.54, 1.807) is 0 Å². The van der Waals surface area contributed by atoms with Gasteiger partial charge in [-0.05, 0) is 49.3 Å².